The summed E-state index contributed by atoms with van der Waals surface area (Å²) in [7, 11) is 0. The maximum Gasteiger partial charge on any atom is 0.397 e. The van der Waals surface area contributed by atoms with E-state index in [0.717, 1.165) is 44.7 Å². The third kappa shape index (κ3) is 1.92. The molecule has 5 nitrogen and oxygen atoms in total. The Hall–Kier alpha value is -3.44. The lowest BCUT2D eigenvalue weighted by molar-refractivity contribution is -0.736. The number of pyridine rings is 2. The highest BCUT2D eigenvalue weighted by molar-refractivity contribution is 5.83. The van der Waals surface area contributed by atoms with Crippen LogP contribution in [-0.2, 0) is 4.74 Å². The van der Waals surface area contributed by atoms with E-state index in [2.05, 4.69) is 36.4 Å². The van der Waals surface area contributed by atoms with Gasteiger partial charge in [0.05, 0.1) is 11.4 Å². The van der Waals surface area contributed by atoms with Crippen LogP contribution in [0.25, 0.3) is 21.8 Å². The van der Waals surface area contributed by atoms with Gasteiger partial charge in [-0.05, 0) is 36.8 Å². The molecule has 0 fully saturated rings. The second-order valence-electron chi connectivity index (χ2n) is 6.85. The summed E-state index contributed by atoms with van der Waals surface area (Å²) in [6.07, 6.45) is 0.761. The van der Waals surface area contributed by atoms with E-state index in [4.69, 9.17) is 14.2 Å². The molecular weight excluding hydrogens is 340 g/mol. The molecule has 27 heavy (non-hydrogen) atoms. The minimum absolute atomic E-state index is 0.381. The fraction of sp³-hybridized carbons (Fsp3) is 0.0909. The first-order valence-corrected chi connectivity index (χ1v) is 8.88. The Morgan fingerprint density at radius 2 is 1.15 bits per heavy atom. The summed E-state index contributed by atoms with van der Waals surface area (Å²) < 4.78 is 22.3. The van der Waals surface area contributed by atoms with Gasteiger partial charge in [0, 0.05) is 0 Å². The van der Waals surface area contributed by atoms with Gasteiger partial charge in [-0.1, -0.05) is 48.5 Å². The molecule has 5 heteroatoms. The van der Waals surface area contributed by atoms with Crippen LogP contribution in [0.15, 0.2) is 60.7 Å². The topological polar surface area (TPSA) is 35.5 Å². The summed E-state index contributed by atoms with van der Waals surface area (Å²) in [5, 5.41) is 2.20. The average Bonchev–Trinajstić information content (AvgIpc) is 3.23. The average molecular weight is 356 g/mol. The highest BCUT2D eigenvalue weighted by atomic mass is 16.8. The lowest BCUT2D eigenvalue weighted by Gasteiger charge is -2.19. The van der Waals surface area contributed by atoms with Crippen molar-refractivity contribution < 1.29 is 23.3 Å². The van der Waals surface area contributed by atoms with E-state index >= 15 is 0 Å². The molecule has 0 spiro atoms. The lowest BCUT2D eigenvalue weighted by Crippen LogP contribution is -2.51. The van der Waals surface area contributed by atoms with Crippen LogP contribution in [0.3, 0.4) is 0 Å². The van der Waals surface area contributed by atoms with Gasteiger partial charge in [-0.3, -0.25) is 13.9 Å². The van der Waals surface area contributed by atoms with Crippen molar-refractivity contribution in [1.29, 1.82) is 0 Å². The zero-order valence-electron chi connectivity index (χ0n) is 14.9. The third-order valence-electron chi connectivity index (χ3n) is 5.16. The van der Waals surface area contributed by atoms with Crippen LogP contribution in [0.2, 0.25) is 0 Å². The third-order valence-corrected chi connectivity index (χ3v) is 5.16. The summed E-state index contributed by atoms with van der Waals surface area (Å²) in [6, 6.07) is 20.3. The van der Waals surface area contributed by atoms with E-state index in [1.165, 1.54) is 0 Å². The van der Waals surface area contributed by atoms with E-state index in [0.29, 0.717) is 12.8 Å². The predicted molar refractivity (Wildman–Crippen MR) is 97.4 cm³/mol. The highest BCUT2D eigenvalue weighted by Gasteiger charge is 2.38. The molecule has 2 aromatic carbocycles. The van der Waals surface area contributed by atoms with Gasteiger partial charge in [0.2, 0.25) is 0 Å². The molecule has 0 bridgehead atoms. The number of aryl methyl sites for hydroxylation is 2. The fourth-order valence-electron chi connectivity index (χ4n) is 3.87. The van der Waals surface area contributed by atoms with Crippen molar-refractivity contribution in [2.24, 2.45) is 0 Å². The van der Waals surface area contributed by atoms with Crippen molar-refractivity contribution in [1.82, 2.24) is 0 Å². The molecule has 4 heterocycles. The summed E-state index contributed by atoms with van der Waals surface area (Å²) >= 11 is 0. The van der Waals surface area contributed by atoms with Crippen LogP contribution in [0, 0.1) is 26.7 Å². The first-order valence-electron chi connectivity index (χ1n) is 8.88. The van der Waals surface area contributed by atoms with Crippen LogP contribution in [0.4, 0.5) is 0 Å². The van der Waals surface area contributed by atoms with Crippen LogP contribution in [0.1, 0.15) is 11.4 Å². The number of nitrogens with zero attached hydrogens (tertiary/aromatic N) is 2. The van der Waals surface area contributed by atoms with E-state index in [1.54, 1.807) is 0 Å². The first-order chi connectivity index (χ1) is 13.2. The summed E-state index contributed by atoms with van der Waals surface area (Å²) in [5.74, 6) is 1.56. The van der Waals surface area contributed by atoms with E-state index in [9.17, 15) is 0 Å². The molecule has 0 unspecified atom stereocenters. The molecule has 4 aromatic rings. The molecule has 0 radical (unpaired) electrons. The van der Waals surface area contributed by atoms with E-state index in [-0.39, 0.29) is 0 Å². The minimum atomic E-state index is 0.381. The van der Waals surface area contributed by atoms with Gasteiger partial charge in [0.1, 0.15) is 11.5 Å². The second-order valence-corrected chi connectivity index (χ2v) is 6.85. The molecule has 132 valence electrons. The molecule has 0 saturated heterocycles. The zero-order chi connectivity index (χ0) is 18.1. The van der Waals surface area contributed by atoms with Gasteiger partial charge in [-0.2, -0.15) is 0 Å². The van der Waals surface area contributed by atoms with Gasteiger partial charge in [0.25, 0.3) is 0 Å². The Morgan fingerprint density at radius 3 is 1.63 bits per heavy atom. The predicted octanol–water partition coefficient (Wildman–Crippen LogP) is 3.28. The maximum atomic E-state index is 6.19. The Morgan fingerprint density at radius 1 is 0.667 bits per heavy atom. The number of benzene rings is 2. The number of para-hydroxylation sites is 2. The highest BCUT2D eigenvalue weighted by Crippen LogP contribution is 2.35. The molecule has 0 aliphatic carbocycles. The Bertz CT molecular complexity index is 1150. The quantitative estimate of drug-likeness (QED) is 0.408. The molecule has 2 aromatic heterocycles. The van der Waals surface area contributed by atoms with Crippen molar-refractivity contribution in [3.63, 3.8) is 0 Å². The van der Waals surface area contributed by atoms with Gasteiger partial charge in [0.15, 0.2) is 11.0 Å². The molecule has 0 amide bonds. The fourth-order valence-corrected chi connectivity index (χ4v) is 3.87. The van der Waals surface area contributed by atoms with E-state index in [1.807, 2.05) is 47.2 Å². The van der Waals surface area contributed by atoms with E-state index < -0.39 is 0 Å². The monoisotopic (exact) mass is 356 g/mol. The number of hydrogen-bond donors (Lipinski definition) is 0. The zero-order valence-corrected chi connectivity index (χ0v) is 14.9. The van der Waals surface area contributed by atoms with Crippen molar-refractivity contribution >= 4 is 21.8 Å². The Balaban J connectivity index is 1.46. The maximum absolute atomic E-state index is 6.19. The van der Waals surface area contributed by atoms with Gasteiger partial charge in [-0.15, -0.1) is 0 Å². The lowest BCUT2D eigenvalue weighted by atomic mass is 10.2. The minimum Gasteiger partial charge on any atom is -0.450 e. The normalized spacial score (nSPS) is 14.1. The molecule has 2 aliphatic rings. The van der Waals surface area contributed by atoms with Crippen molar-refractivity contribution in [3.05, 3.63) is 84.9 Å². The van der Waals surface area contributed by atoms with Crippen molar-refractivity contribution in [2.75, 3.05) is 0 Å². The summed E-state index contributed by atoms with van der Waals surface area (Å²) in [6.45, 7) is 4.06. The van der Waals surface area contributed by atoms with Crippen LogP contribution < -0.4 is 18.6 Å². The standard InChI is InChI=1S/C22H16N2O3/c1-13-9-11-15-5-3-7-17-19(15)23(13)21(25-17)27-22-24-14(2)10-12-16-6-4-8-18(26-22)20(16)24/h3-12H,1-2H3. The van der Waals surface area contributed by atoms with Gasteiger partial charge >= 0.3 is 12.8 Å². The molecule has 2 aliphatic heterocycles. The van der Waals surface area contributed by atoms with Gasteiger partial charge < -0.3 is 9.47 Å². The molecule has 0 N–H and O–H groups in total. The Labute approximate surface area is 155 Å². The van der Waals surface area contributed by atoms with Crippen LogP contribution in [-0.4, -0.2) is 0 Å². The first kappa shape index (κ1) is 14.7. The molecule has 0 atom stereocenters. The molecule has 6 rings (SSSR count). The number of aromatic nitrogens is 2. The summed E-state index contributed by atoms with van der Waals surface area (Å²) in [5.41, 5.74) is 4.06. The Kier molecular flexibility index (Phi) is 2.75. The second kappa shape index (κ2) is 5.05. The molecular formula is C22H16N2O3. The number of rotatable bonds is 2. The number of hydrogen-bond acceptors (Lipinski definition) is 3. The van der Waals surface area contributed by atoms with Crippen LogP contribution in [0.5, 0.6) is 11.5 Å². The van der Waals surface area contributed by atoms with Crippen molar-refractivity contribution in [3.8, 4) is 11.5 Å². The van der Waals surface area contributed by atoms with Crippen molar-refractivity contribution in [2.45, 2.75) is 13.8 Å². The summed E-state index contributed by atoms with van der Waals surface area (Å²) in [4.78, 5) is 0. The SMILES string of the molecule is Cc1ccc2cccc3c2[n+]1[C-](O[C-]1Oc2cccc4ccc(C)[n+]1c24)O3. The van der Waals surface area contributed by atoms with Gasteiger partial charge in [-0.25, -0.2) is 0 Å². The number of ether oxygens (including phenoxy) is 3. The largest absolute Gasteiger partial charge is 0.450 e. The molecule has 0 saturated carbocycles. The van der Waals surface area contributed by atoms with Crippen LogP contribution >= 0.6 is 0 Å². The smallest absolute Gasteiger partial charge is 0.397 e.